The topological polar surface area (TPSA) is 38.0 Å². The summed E-state index contributed by atoms with van der Waals surface area (Å²) in [6.07, 6.45) is 15.5. The Labute approximate surface area is 225 Å². The van der Waals surface area contributed by atoms with Gasteiger partial charge in [0.25, 0.3) is 0 Å². The number of hydrogen-bond acceptors (Lipinski definition) is 2. The summed E-state index contributed by atoms with van der Waals surface area (Å²) < 4.78 is 0. The van der Waals surface area contributed by atoms with E-state index in [2.05, 4.69) is 133 Å². The van der Waals surface area contributed by atoms with Crippen molar-refractivity contribution < 1.29 is 0 Å². The van der Waals surface area contributed by atoms with E-state index in [0.717, 1.165) is 29.8 Å². The van der Waals surface area contributed by atoms with Crippen LogP contribution in [0.5, 0.6) is 0 Å². The van der Waals surface area contributed by atoms with E-state index >= 15 is 0 Å². The van der Waals surface area contributed by atoms with Gasteiger partial charge in [-0.2, -0.15) is 0 Å². The first-order valence-electron chi connectivity index (χ1n) is 13.3. The average molecular weight is 509 g/mol. The molecule has 0 aromatic heterocycles. The van der Waals surface area contributed by atoms with Crippen molar-refractivity contribution in [2.45, 2.75) is 18.8 Å². The van der Waals surface area contributed by atoms with E-state index in [9.17, 15) is 0 Å². The summed E-state index contributed by atoms with van der Waals surface area (Å²) in [5.74, 6) is 0.369. The van der Waals surface area contributed by atoms with Crippen molar-refractivity contribution in [3.63, 3.8) is 0 Å². The van der Waals surface area contributed by atoms with E-state index < -0.39 is 8.07 Å². The summed E-state index contributed by atoms with van der Waals surface area (Å²) in [6.45, 7) is 0. The molecule has 3 N–H and O–H groups in total. The molecule has 0 radical (unpaired) electrons. The largest absolute Gasteiger partial charge is 0.397 e. The van der Waals surface area contributed by atoms with Crippen molar-refractivity contribution in [1.29, 1.82) is 0 Å². The molecule has 0 spiro atoms. The minimum absolute atomic E-state index is 0.369. The molecule has 0 saturated carbocycles. The Kier molecular flexibility index (Phi) is 5.84. The van der Waals surface area contributed by atoms with Gasteiger partial charge < -0.3 is 10.8 Å². The van der Waals surface area contributed by atoms with Crippen LogP contribution in [0.3, 0.4) is 0 Å². The lowest BCUT2D eigenvalue weighted by atomic mass is 9.97. The third-order valence-corrected chi connectivity index (χ3v) is 10.0. The smallest absolute Gasteiger partial charge is 0.0697 e. The van der Waals surface area contributed by atoms with Crippen molar-refractivity contribution in [1.82, 2.24) is 5.09 Å². The van der Waals surface area contributed by atoms with Crippen LogP contribution in [0, 0.1) is 0 Å². The lowest BCUT2D eigenvalue weighted by Crippen LogP contribution is -2.18. The minimum atomic E-state index is -0.817. The van der Waals surface area contributed by atoms with Crippen molar-refractivity contribution >= 4 is 41.1 Å². The number of nitrogens with one attached hydrogen (secondary N) is 1. The Bertz CT molecular complexity index is 1670. The Morgan fingerprint density at radius 3 is 2.16 bits per heavy atom. The molecule has 2 nitrogen and oxygen atoms in total. The molecular formula is C35H29N2P. The van der Waals surface area contributed by atoms with Gasteiger partial charge in [-0.05, 0) is 45.5 Å². The lowest BCUT2D eigenvalue weighted by Gasteiger charge is -2.27. The van der Waals surface area contributed by atoms with E-state index in [0.29, 0.717) is 5.92 Å². The minimum Gasteiger partial charge on any atom is -0.397 e. The van der Waals surface area contributed by atoms with Crippen molar-refractivity contribution in [2.24, 2.45) is 5.73 Å². The SMILES string of the molecule is NC1=C(N[P@](C2=CC=C(c3ccccc3)CC2)c2ccc(C3C=CC=C3)cc2)c2cccc3cccc1c23. The first-order valence-corrected chi connectivity index (χ1v) is 14.6. The van der Waals surface area contributed by atoms with Crippen molar-refractivity contribution in [3.05, 3.63) is 155 Å². The number of rotatable bonds is 6. The number of allylic oxidation sites excluding steroid dienone is 8. The monoisotopic (exact) mass is 508 g/mol. The van der Waals surface area contributed by atoms with Crippen LogP contribution in [0.4, 0.5) is 0 Å². The Hall–Kier alpha value is -4.13. The van der Waals surface area contributed by atoms with Gasteiger partial charge in [-0.1, -0.05) is 127 Å². The summed E-state index contributed by atoms with van der Waals surface area (Å²) >= 11 is 0. The Balaban J connectivity index is 1.28. The normalized spacial score (nSPS) is 17.2. The third-order valence-electron chi connectivity index (χ3n) is 7.80. The predicted molar refractivity (Wildman–Crippen MR) is 164 cm³/mol. The molecule has 4 aromatic rings. The highest BCUT2D eigenvalue weighted by Crippen LogP contribution is 2.50. The molecule has 3 aliphatic carbocycles. The van der Waals surface area contributed by atoms with Crippen LogP contribution < -0.4 is 16.1 Å². The quantitative estimate of drug-likeness (QED) is 0.258. The molecule has 4 aromatic carbocycles. The highest BCUT2D eigenvalue weighted by Gasteiger charge is 2.27. The molecule has 0 fully saturated rings. The summed E-state index contributed by atoms with van der Waals surface area (Å²) in [5, 5.41) is 9.25. The van der Waals surface area contributed by atoms with Gasteiger partial charge in [0.15, 0.2) is 0 Å². The Morgan fingerprint density at radius 2 is 1.45 bits per heavy atom. The molecule has 1 atom stereocenters. The zero-order chi connectivity index (χ0) is 25.5. The molecule has 0 aliphatic heterocycles. The number of hydrogen-bond donors (Lipinski definition) is 2. The average Bonchev–Trinajstić information content (AvgIpc) is 3.61. The zero-order valence-electron chi connectivity index (χ0n) is 21.1. The fourth-order valence-electron chi connectivity index (χ4n) is 5.79. The molecule has 0 saturated heterocycles. The Morgan fingerprint density at radius 1 is 0.711 bits per heavy atom. The van der Waals surface area contributed by atoms with Crippen LogP contribution >= 0.6 is 8.07 Å². The molecule has 7 rings (SSSR count). The second-order valence-electron chi connectivity index (χ2n) is 10.0. The maximum atomic E-state index is 6.83. The molecule has 3 aliphatic rings. The van der Waals surface area contributed by atoms with Crippen LogP contribution in [-0.4, -0.2) is 0 Å². The standard InChI is InChI=1S/C35H29N2P/c36-34-31-14-6-12-28-13-7-15-32(33(28)31)35(34)37-38(30-22-18-27(19-23-30)25-10-4-5-11-25)29-20-16-26(17-21-29)24-8-2-1-3-9-24/h1-16,18-20,22-23,25,37H,17,21,36H2/t38-/m1/s1. The highest BCUT2D eigenvalue weighted by molar-refractivity contribution is 7.68. The van der Waals surface area contributed by atoms with Crippen LogP contribution in [0.1, 0.15) is 41.0 Å². The second kappa shape index (κ2) is 9.63. The fraction of sp³-hybridized carbons (Fsp3) is 0.0857. The summed E-state index contributed by atoms with van der Waals surface area (Å²) in [4.78, 5) is 0. The molecule has 3 heteroatoms. The molecule has 0 bridgehead atoms. The van der Waals surface area contributed by atoms with Gasteiger partial charge in [-0.15, -0.1) is 0 Å². The third kappa shape index (κ3) is 4.02. The fourth-order valence-corrected chi connectivity index (χ4v) is 7.87. The van der Waals surface area contributed by atoms with E-state index in [1.807, 2.05) is 0 Å². The van der Waals surface area contributed by atoms with Gasteiger partial charge >= 0.3 is 0 Å². The van der Waals surface area contributed by atoms with E-state index in [-0.39, 0.29) is 0 Å². The molecule has 184 valence electrons. The first-order chi connectivity index (χ1) is 18.8. The van der Waals surface area contributed by atoms with Crippen LogP contribution in [0.25, 0.3) is 27.7 Å². The van der Waals surface area contributed by atoms with Gasteiger partial charge in [0.1, 0.15) is 0 Å². The van der Waals surface area contributed by atoms with E-state index in [4.69, 9.17) is 5.73 Å². The van der Waals surface area contributed by atoms with Crippen LogP contribution in [0.2, 0.25) is 0 Å². The van der Waals surface area contributed by atoms with Gasteiger partial charge in [0.05, 0.1) is 11.4 Å². The van der Waals surface area contributed by atoms with Crippen molar-refractivity contribution in [3.8, 4) is 0 Å². The molecular weight excluding hydrogens is 479 g/mol. The molecule has 0 heterocycles. The van der Waals surface area contributed by atoms with Crippen LogP contribution in [0.15, 0.2) is 133 Å². The van der Waals surface area contributed by atoms with E-state index in [1.165, 1.54) is 43.7 Å². The summed E-state index contributed by atoms with van der Waals surface area (Å²) in [5.41, 5.74) is 15.1. The first kappa shape index (κ1) is 23.0. The number of nitrogens with two attached hydrogens (primary N) is 1. The molecule has 38 heavy (non-hydrogen) atoms. The summed E-state index contributed by atoms with van der Waals surface area (Å²) in [7, 11) is -0.817. The second-order valence-corrected chi connectivity index (χ2v) is 12.0. The number of benzene rings is 4. The molecule has 0 amide bonds. The van der Waals surface area contributed by atoms with Gasteiger partial charge in [-0.25, -0.2) is 0 Å². The van der Waals surface area contributed by atoms with Gasteiger partial charge in [-0.3, -0.25) is 0 Å². The predicted octanol–water partition coefficient (Wildman–Crippen LogP) is 8.22. The maximum Gasteiger partial charge on any atom is 0.0697 e. The van der Waals surface area contributed by atoms with Gasteiger partial charge in [0.2, 0.25) is 0 Å². The maximum absolute atomic E-state index is 6.83. The van der Waals surface area contributed by atoms with E-state index in [1.54, 1.807) is 0 Å². The van der Waals surface area contributed by atoms with Crippen LogP contribution in [-0.2, 0) is 0 Å². The highest BCUT2D eigenvalue weighted by atomic mass is 31.1. The lowest BCUT2D eigenvalue weighted by molar-refractivity contribution is 1.03. The molecule has 0 unspecified atom stereocenters. The summed E-state index contributed by atoms with van der Waals surface area (Å²) in [6, 6.07) is 32.8. The zero-order valence-corrected chi connectivity index (χ0v) is 22.0. The van der Waals surface area contributed by atoms with Gasteiger partial charge in [0, 0.05) is 30.5 Å². The van der Waals surface area contributed by atoms with Crippen molar-refractivity contribution in [2.75, 3.05) is 0 Å².